The Morgan fingerprint density at radius 3 is 1.43 bits per heavy atom. The zero-order chi connectivity index (χ0) is 29.8. The number of aliphatic carboxylic acids is 3. The fourth-order valence-electron chi connectivity index (χ4n) is 4.96. The first-order valence-electron chi connectivity index (χ1n) is 13.4. The van der Waals surface area contributed by atoms with E-state index in [2.05, 4.69) is 5.32 Å². The van der Waals surface area contributed by atoms with Crippen molar-refractivity contribution in [2.75, 3.05) is 85.1 Å². The van der Waals surface area contributed by atoms with Gasteiger partial charge >= 0.3 is 25.0 Å². The third-order valence-electron chi connectivity index (χ3n) is 7.05. The van der Waals surface area contributed by atoms with Gasteiger partial charge in [0.05, 0.1) is 32.1 Å². The van der Waals surface area contributed by atoms with Gasteiger partial charge in [0.1, 0.15) is 6.04 Å². The Hall–Kier alpha value is -2.83. The Bertz CT molecular complexity index is 864. The van der Waals surface area contributed by atoms with Crippen LogP contribution in [0.5, 0.6) is 0 Å². The molecule has 2 amide bonds. The van der Waals surface area contributed by atoms with E-state index in [4.69, 9.17) is 0 Å². The van der Waals surface area contributed by atoms with Crippen LogP contribution in [0.25, 0.3) is 0 Å². The minimum absolute atomic E-state index is 0.128. The molecule has 17 heteroatoms. The first-order valence-corrected chi connectivity index (χ1v) is 13.4. The fraction of sp³-hybridized carbons (Fsp3) is 0.783. The van der Waals surface area contributed by atoms with Crippen LogP contribution in [-0.2, 0) is 24.0 Å². The van der Waals surface area contributed by atoms with E-state index in [1.54, 1.807) is 19.6 Å². The van der Waals surface area contributed by atoms with Gasteiger partial charge in [0.15, 0.2) is 0 Å². The molecule has 2 atom stereocenters. The van der Waals surface area contributed by atoms with Crippen molar-refractivity contribution in [2.45, 2.75) is 31.7 Å². The summed E-state index contributed by atoms with van der Waals surface area (Å²) in [5.74, 6) is -4.75. The molecule has 2 aliphatic heterocycles. The summed E-state index contributed by atoms with van der Waals surface area (Å²) in [5, 5.41) is 49.6. The molecule has 0 aliphatic carbocycles. The molecular weight excluding hydrogens is 531 g/mol. The molecule has 2 aliphatic rings. The predicted octanol–water partition coefficient (Wildman–Crippen LogP) is -4.03. The zero-order valence-electron chi connectivity index (χ0n) is 22.9. The van der Waals surface area contributed by atoms with Crippen LogP contribution in [0.2, 0.25) is 0 Å². The molecule has 0 radical (unpaired) electrons. The van der Waals surface area contributed by atoms with Gasteiger partial charge < -0.3 is 35.6 Å². The summed E-state index contributed by atoms with van der Waals surface area (Å²) in [4.78, 5) is 67.9. The number of amides is 2. The molecule has 0 saturated carbocycles. The van der Waals surface area contributed by atoms with Gasteiger partial charge in [0.25, 0.3) is 0 Å². The molecule has 2 saturated heterocycles. The van der Waals surface area contributed by atoms with E-state index >= 15 is 0 Å². The highest BCUT2D eigenvalue weighted by Crippen LogP contribution is 2.19. The van der Waals surface area contributed by atoms with E-state index in [0.29, 0.717) is 19.4 Å². The SMILES string of the molecule is C[C@@H](NC(=O)CN1CCN(CC(=O)O)CCN(CC(=O)O)CCN(CC(=O)O)CC1)C(=O)N1CCC[C@H]1B(O)O. The number of nitrogens with one attached hydrogen (secondary N) is 1. The van der Waals surface area contributed by atoms with E-state index < -0.39 is 48.8 Å². The van der Waals surface area contributed by atoms with Crippen LogP contribution < -0.4 is 5.32 Å². The molecule has 2 rings (SSSR count). The van der Waals surface area contributed by atoms with E-state index in [-0.39, 0.29) is 78.5 Å². The lowest BCUT2D eigenvalue weighted by atomic mass is 9.78. The number of nitrogens with zero attached hydrogens (tertiary/aromatic N) is 5. The Morgan fingerprint density at radius 2 is 1.07 bits per heavy atom. The predicted molar refractivity (Wildman–Crippen MR) is 141 cm³/mol. The fourth-order valence-corrected chi connectivity index (χ4v) is 4.96. The van der Waals surface area contributed by atoms with Gasteiger partial charge in [-0.3, -0.25) is 43.6 Å². The first kappa shape index (κ1) is 33.4. The summed E-state index contributed by atoms with van der Waals surface area (Å²) in [7, 11) is -1.67. The molecule has 0 spiro atoms. The third-order valence-corrected chi connectivity index (χ3v) is 7.05. The first-order chi connectivity index (χ1) is 18.8. The maximum atomic E-state index is 12.9. The van der Waals surface area contributed by atoms with E-state index in [0.717, 1.165) is 0 Å². The van der Waals surface area contributed by atoms with Gasteiger partial charge in [-0.05, 0) is 19.8 Å². The molecule has 226 valence electrons. The van der Waals surface area contributed by atoms with Crippen molar-refractivity contribution in [3.63, 3.8) is 0 Å². The highest BCUT2D eigenvalue weighted by atomic mass is 16.4. The van der Waals surface area contributed by atoms with Crippen LogP contribution in [0.1, 0.15) is 19.8 Å². The lowest BCUT2D eigenvalue weighted by molar-refractivity contribution is -0.140. The van der Waals surface area contributed by atoms with Crippen molar-refractivity contribution < 1.29 is 49.3 Å². The standard InChI is InChI=1S/C23H41BN6O10/c1-17(23(38)30-4-2-3-18(30)24(39)40)25-19(31)13-26-5-7-27(14-20(32)33)9-11-29(16-22(36)37)12-10-28(8-6-26)15-21(34)35/h17-18,39-40H,2-16H2,1H3,(H,25,31)(H,32,33)(H,34,35)(H,36,37)/t17-,18+/m1/s1. The normalized spacial score (nSPS) is 21.7. The van der Waals surface area contributed by atoms with Crippen molar-refractivity contribution in [3.8, 4) is 0 Å². The maximum Gasteiger partial charge on any atom is 0.475 e. The Balaban J connectivity index is 2.08. The molecule has 40 heavy (non-hydrogen) atoms. The molecule has 0 unspecified atom stereocenters. The molecular formula is C23H41BN6O10. The minimum Gasteiger partial charge on any atom is -0.480 e. The number of carboxylic acid groups (broad SMARTS) is 3. The second kappa shape index (κ2) is 16.4. The summed E-state index contributed by atoms with van der Waals surface area (Å²) >= 11 is 0. The molecule has 6 N–H and O–H groups in total. The van der Waals surface area contributed by atoms with Crippen molar-refractivity contribution in [2.24, 2.45) is 0 Å². The van der Waals surface area contributed by atoms with Gasteiger partial charge in [0, 0.05) is 58.9 Å². The van der Waals surface area contributed by atoms with Crippen LogP contribution in [-0.4, -0.2) is 184 Å². The summed E-state index contributed by atoms with van der Waals surface area (Å²) in [6.45, 7) is 3.06. The topological polar surface area (TPSA) is 215 Å². The maximum absolute atomic E-state index is 12.9. The van der Waals surface area contributed by atoms with Gasteiger partial charge in [-0.15, -0.1) is 0 Å². The lowest BCUT2D eigenvalue weighted by Crippen LogP contribution is -2.54. The van der Waals surface area contributed by atoms with Gasteiger partial charge in [0.2, 0.25) is 11.8 Å². The van der Waals surface area contributed by atoms with Gasteiger partial charge in [-0.2, -0.15) is 0 Å². The quantitative estimate of drug-likeness (QED) is 0.130. The van der Waals surface area contributed by atoms with E-state index in [9.17, 15) is 49.3 Å². The van der Waals surface area contributed by atoms with Gasteiger partial charge in [-0.1, -0.05) is 0 Å². The third kappa shape index (κ3) is 11.7. The number of carbonyl (C=O) groups is 5. The molecule has 0 aromatic heterocycles. The summed E-state index contributed by atoms with van der Waals surface area (Å²) in [6.07, 6.45) is 1.07. The van der Waals surface area contributed by atoms with Crippen LogP contribution in [0.3, 0.4) is 0 Å². The average molecular weight is 572 g/mol. The number of likely N-dealkylation sites (tertiary alicyclic amines) is 1. The van der Waals surface area contributed by atoms with E-state index in [1.807, 2.05) is 0 Å². The van der Waals surface area contributed by atoms with E-state index in [1.165, 1.54) is 11.8 Å². The second-order valence-electron chi connectivity index (χ2n) is 10.2. The smallest absolute Gasteiger partial charge is 0.475 e. The van der Waals surface area contributed by atoms with Crippen LogP contribution >= 0.6 is 0 Å². The number of carboxylic acids is 3. The Kier molecular flexibility index (Phi) is 13.7. The number of rotatable bonds is 11. The molecule has 2 fully saturated rings. The number of hydrogen-bond acceptors (Lipinski definition) is 11. The van der Waals surface area contributed by atoms with Crippen molar-refractivity contribution in [1.82, 2.24) is 29.8 Å². The monoisotopic (exact) mass is 572 g/mol. The van der Waals surface area contributed by atoms with Crippen LogP contribution in [0.4, 0.5) is 0 Å². The van der Waals surface area contributed by atoms with Crippen molar-refractivity contribution in [3.05, 3.63) is 0 Å². The van der Waals surface area contributed by atoms with Crippen molar-refractivity contribution >= 4 is 36.8 Å². The largest absolute Gasteiger partial charge is 0.480 e. The molecule has 0 aromatic carbocycles. The number of carbonyl (C=O) groups excluding carboxylic acids is 2. The minimum atomic E-state index is -1.67. The number of hydrogen-bond donors (Lipinski definition) is 6. The van der Waals surface area contributed by atoms with Gasteiger partial charge in [-0.25, -0.2) is 0 Å². The molecule has 16 nitrogen and oxygen atoms in total. The highest BCUT2D eigenvalue weighted by molar-refractivity contribution is 6.43. The second-order valence-corrected chi connectivity index (χ2v) is 10.2. The Labute approximate surface area is 233 Å². The Morgan fingerprint density at radius 1 is 0.700 bits per heavy atom. The van der Waals surface area contributed by atoms with Crippen molar-refractivity contribution in [1.29, 1.82) is 0 Å². The summed E-state index contributed by atoms with van der Waals surface area (Å²) in [6, 6.07) is -0.911. The van der Waals surface area contributed by atoms with Crippen LogP contribution in [0, 0.1) is 0 Å². The zero-order valence-corrected chi connectivity index (χ0v) is 22.9. The lowest BCUT2D eigenvalue weighted by Gasteiger charge is -2.33. The summed E-state index contributed by atoms with van der Waals surface area (Å²) < 4.78 is 0. The molecule has 0 bridgehead atoms. The average Bonchev–Trinajstić information content (AvgIpc) is 3.34. The molecule has 2 heterocycles. The van der Waals surface area contributed by atoms with Crippen LogP contribution in [0.15, 0.2) is 0 Å². The molecule has 0 aromatic rings. The highest BCUT2D eigenvalue weighted by Gasteiger charge is 2.38. The summed E-state index contributed by atoms with van der Waals surface area (Å²) in [5.41, 5.74) is 0.